The van der Waals surface area contributed by atoms with Gasteiger partial charge in [-0.15, -0.1) is 0 Å². The second-order valence-electron chi connectivity index (χ2n) is 4.24. The molecule has 1 aromatic carbocycles. The summed E-state index contributed by atoms with van der Waals surface area (Å²) in [6.45, 7) is 4.31. The molecule has 1 rings (SSSR count). The molecule has 0 radical (unpaired) electrons. The summed E-state index contributed by atoms with van der Waals surface area (Å²) >= 11 is 0. The molecule has 0 aromatic heterocycles. The van der Waals surface area contributed by atoms with E-state index in [2.05, 4.69) is 12.2 Å². The van der Waals surface area contributed by atoms with Crippen molar-refractivity contribution in [2.24, 2.45) is 0 Å². The van der Waals surface area contributed by atoms with Crippen LogP contribution in [0.4, 0.5) is 11.4 Å². The van der Waals surface area contributed by atoms with E-state index in [-0.39, 0.29) is 12.6 Å². The lowest BCUT2D eigenvalue weighted by Gasteiger charge is -2.17. The lowest BCUT2D eigenvalue weighted by atomic mass is 10.1. The van der Waals surface area contributed by atoms with Crippen LogP contribution in [0, 0.1) is 6.92 Å². The molecular formula is C13H22N2O. The number of rotatable bonds is 6. The largest absolute Gasteiger partial charge is 0.399 e. The Hall–Kier alpha value is -1.22. The van der Waals surface area contributed by atoms with Crippen LogP contribution in [0.25, 0.3) is 0 Å². The molecule has 3 heteroatoms. The minimum absolute atomic E-state index is 0.142. The average Bonchev–Trinajstić information content (AvgIpc) is 2.29. The van der Waals surface area contributed by atoms with E-state index in [0.29, 0.717) is 0 Å². The molecule has 0 aliphatic rings. The average molecular weight is 222 g/mol. The molecule has 1 atom stereocenters. The van der Waals surface area contributed by atoms with Crippen molar-refractivity contribution in [2.75, 3.05) is 17.7 Å². The van der Waals surface area contributed by atoms with E-state index < -0.39 is 0 Å². The highest BCUT2D eigenvalue weighted by Crippen LogP contribution is 2.18. The lowest BCUT2D eigenvalue weighted by molar-refractivity contribution is 0.267. The summed E-state index contributed by atoms with van der Waals surface area (Å²) in [6, 6.07) is 6.01. The third-order valence-corrected chi connectivity index (χ3v) is 2.77. The second kappa shape index (κ2) is 6.38. The van der Waals surface area contributed by atoms with Crippen molar-refractivity contribution < 1.29 is 5.11 Å². The number of nitrogens with two attached hydrogens (primary N) is 1. The predicted molar refractivity (Wildman–Crippen MR) is 69.6 cm³/mol. The Balaban J connectivity index is 2.59. The molecule has 0 amide bonds. The van der Waals surface area contributed by atoms with E-state index in [0.717, 1.165) is 36.2 Å². The first-order valence-corrected chi connectivity index (χ1v) is 5.91. The van der Waals surface area contributed by atoms with E-state index in [4.69, 9.17) is 5.73 Å². The minimum Gasteiger partial charge on any atom is -0.399 e. The first kappa shape index (κ1) is 12.8. The molecule has 16 heavy (non-hydrogen) atoms. The maximum Gasteiger partial charge on any atom is 0.0632 e. The monoisotopic (exact) mass is 222 g/mol. The number of aliphatic hydroxyl groups excluding tert-OH is 1. The van der Waals surface area contributed by atoms with Crippen LogP contribution in [-0.2, 0) is 0 Å². The first-order valence-electron chi connectivity index (χ1n) is 5.91. The summed E-state index contributed by atoms with van der Waals surface area (Å²) in [6.07, 6.45) is 3.28. The topological polar surface area (TPSA) is 58.3 Å². The van der Waals surface area contributed by atoms with E-state index in [1.165, 1.54) is 0 Å². The molecule has 3 nitrogen and oxygen atoms in total. The number of anilines is 2. The molecule has 1 unspecified atom stereocenters. The van der Waals surface area contributed by atoms with E-state index >= 15 is 0 Å². The van der Waals surface area contributed by atoms with Gasteiger partial charge in [-0.25, -0.2) is 0 Å². The van der Waals surface area contributed by atoms with Crippen LogP contribution in [0.5, 0.6) is 0 Å². The normalized spacial score (nSPS) is 12.4. The van der Waals surface area contributed by atoms with Gasteiger partial charge >= 0.3 is 0 Å². The Morgan fingerprint density at radius 2 is 2.19 bits per heavy atom. The zero-order valence-electron chi connectivity index (χ0n) is 10.2. The predicted octanol–water partition coefficient (Wildman–Crippen LogP) is 2.54. The maximum atomic E-state index is 9.25. The quantitative estimate of drug-likeness (QED) is 0.648. The summed E-state index contributed by atoms with van der Waals surface area (Å²) in [7, 11) is 0. The van der Waals surface area contributed by atoms with Gasteiger partial charge < -0.3 is 16.2 Å². The molecule has 0 saturated heterocycles. The van der Waals surface area contributed by atoms with Crippen molar-refractivity contribution in [3.8, 4) is 0 Å². The van der Waals surface area contributed by atoms with Crippen LogP contribution >= 0.6 is 0 Å². The van der Waals surface area contributed by atoms with Crippen LogP contribution in [0.1, 0.15) is 31.7 Å². The van der Waals surface area contributed by atoms with Gasteiger partial charge in [0.05, 0.1) is 6.61 Å². The zero-order chi connectivity index (χ0) is 12.0. The van der Waals surface area contributed by atoms with Crippen LogP contribution in [0.2, 0.25) is 0 Å². The summed E-state index contributed by atoms with van der Waals surface area (Å²) in [5, 5.41) is 12.6. The van der Waals surface area contributed by atoms with Gasteiger partial charge in [-0.1, -0.05) is 19.8 Å². The number of hydrogen-bond acceptors (Lipinski definition) is 3. The van der Waals surface area contributed by atoms with Crippen molar-refractivity contribution in [3.05, 3.63) is 23.8 Å². The molecule has 0 aliphatic heterocycles. The molecule has 0 spiro atoms. The maximum absolute atomic E-state index is 9.25. The number of nitrogens with one attached hydrogen (secondary N) is 1. The molecule has 4 N–H and O–H groups in total. The summed E-state index contributed by atoms with van der Waals surface area (Å²) in [5.74, 6) is 0. The molecule has 0 aliphatic carbocycles. The molecule has 1 aromatic rings. The molecule has 0 heterocycles. The highest BCUT2D eigenvalue weighted by molar-refractivity contribution is 5.57. The number of benzene rings is 1. The Morgan fingerprint density at radius 1 is 1.44 bits per heavy atom. The molecule has 0 fully saturated rings. The Morgan fingerprint density at radius 3 is 2.75 bits per heavy atom. The standard InChI is InChI=1S/C13H22N2O/c1-3-4-5-12(9-16)15-11-6-7-13(14)10(2)8-11/h6-8,12,15-16H,3-5,9,14H2,1-2H3. The van der Waals surface area contributed by atoms with Gasteiger partial charge in [0, 0.05) is 17.4 Å². The summed E-state index contributed by atoms with van der Waals surface area (Å²) in [4.78, 5) is 0. The van der Waals surface area contributed by atoms with Crippen LogP contribution in [0.15, 0.2) is 18.2 Å². The third kappa shape index (κ3) is 3.74. The second-order valence-corrected chi connectivity index (χ2v) is 4.24. The van der Waals surface area contributed by atoms with Crippen molar-refractivity contribution in [3.63, 3.8) is 0 Å². The number of nitrogen functional groups attached to an aromatic ring is 1. The van der Waals surface area contributed by atoms with Crippen molar-refractivity contribution in [1.29, 1.82) is 0 Å². The smallest absolute Gasteiger partial charge is 0.0632 e. The molecule has 0 bridgehead atoms. The van der Waals surface area contributed by atoms with Crippen LogP contribution in [-0.4, -0.2) is 17.8 Å². The van der Waals surface area contributed by atoms with Gasteiger partial charge in [-0.05, 0) is 37.1 Å². The fraction of sp³-hybridized carbons (Fsp3) is 0.538. The van der Waals surface area contributed by atoms with Gasteiger partial charge in [-0.3, -0.25) is 0 Å². The molecule has 90 valence electrons. The van der Waals surface area contributed by atoms with Crippen LogP contribution < -0.4 is 11.1 Å². The van der Waals surface area contributed by atoms with Gasteiger partial charge in [0.15, 0.2) is 0 Å². The van der Waals surface area contributed by atoms with Gasteiger partial charge in [0.1, 0.15) is 0 Å². The van der Waals surface area contributed by atoms with E-state index in [1.807, 2.05) is 25.1 Å². The Labute approximate surface area is 97.7 Å². The van der Waals surface area contributed by atoms with Gasteiger partial charge in [0.25, 0.3) is 0 Å². The fourth-order valence-electron chi connectivity index (χ4n) is 1.66. The number of aliphatic hydroxyl groups is 1. The first-order chi connectivity index (χ1) is 7.67. The number of hydrogen-bond donors (Lipinski definition) is 3. The number of unbranched alkanes of at least 4 members (excludes halogenated alkanes) is 1. The minimum atomic E-state index is 0.142. The van der Waals surface area contributed by atoms with E-state index in [9.17, 15) is 5.11 Å². The van der Waals surface area contributed by atoms with Crippen molar-refractivity contribution in [2.45, 2.75) is 39.2 Å². The summed E-state index contributed by atoms with van der Waals surface area (Å²) < 4.78 is 0. The van der Waals surface area contributed by atoms with E-state index in [1.54, 1.807) is 0 Å². The van der Waals surface area contributed by atoms with Gasteiger partial charge in [-0.2, -0.15) is 0 Å². The SMILES string of the molecule is CCCCC(CO)Nc1ccc(N)c(C)c1. The third-order valence-electron chi connectivity index (χ3n) is 2.77. The fourth-order valence-corrected chi connectivity index (χ4v) is 1.66. The highest BCUT2D eigenvalue weighted by Gasteiger charge is 2.06. The molecular weight excluding hydrogens is 200 g/mol. The van der Waals surface area contributed by atoms with Crippen molar-refractivity contribution >= 4 is 11.4 Å². The zero-order valence-corrected chi connectivity index (χ0v) is 10.2. The number of aryl methyl sites for hydroxylation is 1. The van der Waals surface area contributed by atoms with Crippen LogP contribution in [0.3, 0.4) is 0 Å². The molecule has 0 saturated carbocycles. The lowest BCUT2D eigenvalue weighted by Crippen LogP contribution is -2.23. The van der Waals surface area contributed by atoms with Gasteiger partial charge in [0.2, 0.25) is 0 Å². The highest BCUT2D eigenvalue weighted by atomic mass is 16.3. The summed E-state index contributed by atoms with van der Waals surface area (Å²) in [5.41, 5.74) is 8.66. The Kier molecular flexibility index (Phi) is 5.12. The Bertz CT molecular complexity index is 326. The van der Waals surface area contributed by atoms with Crippen molar-refractivity contribution in [1.82, 2.24) is 0 Å².